The Hall–Kier alpha value is -2.62. The van der Waals surface area contributed by atoms with Gasteiger partial charge in [-0.1, -0.05) is 23.7 Å². The van der Waals surface area contributed by atoms with Crippen molar-refractivity contribution >= 4 is 39.2 Å². The highest BCUT2D eigenvalue weighted by molar-refractivity contribution is 7.89. The first kappa shape index (κ1) is 25.0. The summed E-state index contributed by atoms with van der Waals surface area (Å²) >= 11 is 6.01. The largest absolute Gasteiger partial charge is 0.495 e. The Morgan fingerprint density at radius 2 is 1.91 bits per heavy atom. The number of hydrogen-bond donors (Lipinski definition) is 1. The Balaban J connectivity index is 1.67. The van der Waals surface area contributed by atoms with E-state index in [1.54, 1.807) is 37.3 Å². The first-order chi connectivity index (χ1) is 15.7. The minimum atomic E-state index is -3.89. The molecule has 3 rings (SSSR count). The summed E-state index contributed by atoms with van der Waals surface area (Å²) in [5, 5.41) is 3.12. The number of esters is 1. The molecule has 1 atom stereocenters. The zero-order valence-electron chi connectivity index (χ0n) is 18.5. The van der Waals surface area contributed by atoms with E-state index in [0.29, 0.717) is 31.7 Å². The van der Waals surface area contributed by atoms with Gasteiger partial charge in [-0.05, 0) is 55.7 Å². The van der Waals surface area contributed by atoms with Crippen molar-refractivity contribution in [3.63, 3.8) is 0 Å². The molecule has 0 unspecified atom stereocenters. The molecule has 10 heteroatoms. The average molecular weight is 495 g/mol. The predicted octanol–water partition coefficient (Wildman–Crippen LogP) is 3.49. The van der Waals surface area contributed by atoms with Crippen molar-refractivity contribution in [2.24, 2.45) is 5.92 Å². The van der Waals surface area contributed by atoms with Crippen molar-refractivity contribution in [2.45, 2.75) is 31.1 Å². The fraction of sp³-hybridized carbons (Fsp3) is 0.391. The number of hydrogen-bond acceptors (Lipinski definition) is 6. The molecule has 0 saturated carbocycles. The summed E-state index contributed by atoms with van der Waals surface area (Å²) in [5.74, 6) is -0.868. The van der Waals surface area contributed by atoms with Crippen LogP contribution in [-0.2, 0) is 30.8 Å². The van der Waals surface area contributed by atoms with Crippen molar-refractivity contribution in [1.29, 1.82) is 0 Å². The van der Waals surface area contributed by atoms with E-state index in [1.165, 1.54) is 23.5 Å². The third-order valence-electron chi connectivity index (χ3n) is 5.37. The summed E-state index contributed by atoms with van der Waals surface area (Å²) in [5.41, 5.74) is 1.35. The van der Waals surface area contributed by atoms with Crippen molar-refractivity contribution in [3.8, 4) is 5.75 Å². The van der Waals surface area contributed by atoms with Gasteiger partial charge in [0.1, 0.15) is 10.6 Å². The average Bonchev–Trinajstić information content (AvgIpc) is 2.80. The van der Waals surface area contributed by atoms with Crippen molar-refractivity contribution in [2.75, 3.05) is 32.1 Å². The smallest absolute Gasteiger partial charge is 0.310 e. The number of nitrogens with zero attached hydrogens (tertiary/aromatic N) is 1. The number of nitrogens with one attached hydrogen (secondary N) is 1. The number of halogens is 1. The second-order valence-corrected chi connectivity index (χ2v) is 10.0. The number of methoxy groups -OCH3 is 1. The molecule has 2 aromatic carbocycles. The molecule has 1 saturated heterocycles. The van der Waals surface area contributed by atoms with Gasteiger partial charge in [0.05, 0.1) is 26.1 Å². The maximum Gasteiger partial charge on any atom is 0.310 e. The van der Waals surface area contributed by atoms with E-state index in [4.69, 9.17) is 21.1 Å². The van der Waals surface area contributed by atoms with Crippen LogP contribution in [-0.4, -0.2) is 51.4 Å². The lowest BCUT2D eigenvalue weighted by atomic mass is 9.98. The van der Waals surface area contributed by atoms with Crippen LogP contribution in [0.1, 0.15) is 25.3 Å². The summed E-state index contributed by atoms with van der Waals surface area (Å²) in [6, 6.07) is 11.3. The van der Waals surface area contributed by atoms with E-state index in [-0.39, 0.29) is 40.5 Å². The molecule has 0 spiro atoms. The van der Waals surface area contributed by atoms with Gasteiger partial charge >= 0.3 is 5.97 Å². The fourth-order valence-electron chi connectivity index (χ4n) is 3.69. The molecular weight excluding hydrogens is 468 g/mol. The van der Waals surface area contributed by atoms with E-state index >= 15 is 0 Å². The number of carbonyl (C=O) groups is 2. The van der Waals surface area contributed by atoms with Gasteiger partial charge in [0.2, 0.25) is 15.9 Å². The highest BCUT2D eigenvalue weighted by Crippen LogP contribution is 2.32. The van der Waals surface area contributed by atoms with Crippen LogP contribution in [0.15, 0.2) is 47.4 Å². The van der Waals surface area contributed by atoms with Gasteiger partial charge in [0, 0.05) is 23.8 Å². The molecule has 0 aromatic heterocycles. The highest BCUT2D eigenvalue weighted by Gasteiger charge is 2.35. The van der Waals surface area contributed by atoms with Crippen molar-refractivity contribution in [3.05, 3.63) is 53.1 Å². The number of ether oxygens (including phenoxy) is 2. The molecule has 1 amide bonds. The van der Waals surface area contributed by atoms with Gasteiger partial charge in [-0.15, -0.1) is 0 Å². The van der Waals surface area contributed by atoms with Crippen LogP contribution in [0, 0.1) is 5.92 Å². The maximum absolute atomic E-state index is 13.2. The zero-order chi connectivity index (χ0) is 24.0. The standard InChI is InChI=1S/C23H27ClN2O6S/c1-3-32-22(27)13-16-6-9-19(10-7-16)25-23(28)17-5-4-12-26(15-17)33(29,30)21-14-18(24)8-11-20(21)31-2/h6-11,14,17H,3-5,12-13,15H2,1-2H3,(H,25,28)/t17-/m0/s1. The number of benzene rings is 2. The van der Waals surface area contributed by atoms with E-state index in [2.05, 4.69) is 5.32 Å². The van der Waals surface area contributed by atoms with Crippen LogP contribution in [0.2, 0.25) is 5.02 Å². The lowest BCUT2D eigenvalue weighted by Gasteiger charge is -2.31. The Labute approximate surface area is 198 Å². The molecule has 1 N–H and O–H groups in total. The third kappa shape index (κ3) is 6.25. The summed E-state index contributed by atoms with van der Waals surface area (Å²) in [7, 11) is -2.49. The van der Waals surface area contributed by atoms with Crippen LogP contribution in [0.3, 0.4) is 0 Å². The summed E-state index contributed by atoms with van der Waals surface area (Å²) in [6.07, 6.45) is 1.29. The molecular formula is C23H27ClN2O6S. The topological polar surface area (TPSA) is 102 Å². The molecule has 0 aliphatic carbocycles. The van der Waals surface area contributed by atoms with Gasteiger partial charge in [-0.3, -0.25) is 9.59 Å². The van der Waals surface area contributed by atoms with Gasteiger partial charge in [0.15, 0.2) is 0 Å². The predicted molar refractivity (Wildman–Crippen MR) is 125 cm³/mol. The fourth-order valence-corrected chi connectivity index (χ4v) is 5.64. The normalized spacial score (nSPS) is 16.8. The quantitative estimate of drug-likeness (QED) is 0.563. The van der Waals surface area contributed by atoms with Crippen molar-refractivity contribution < 1.29 is 27.5 Å². The Bertz CT molecular complexity index is 1100. The molecule has 0 bridgehead atoms. The summed E-state index contributed by atoms with van der Waals surface area (Å²) in [4.78, 5) is 24.4. The molecule has 1 aliphatic rings. The molecule has 1 heterocycles. The first-order valence-corrected chi connectivity index (χ1v) is 12.5. The van der Waals surface area contributed by atoms with Crippen LogP contribution in [0.4, 0.5) is 5.69 Å². The number of rotatable bonds is 8. The second-order valence-electron chi connectivity index (χ2n) is 7.67. The Kier molecular flexibility index (Phi) is 8.34. The number of carbonyl (C=O) groups excluding carboxylic acids is 2. The Morgan fingerprint density at radius 1 is 1.18 bits per heavy atom. The van der Waals surface area contributed by atoms with E-state index in [1.807, 2.05) is 0 Å². The number of amides is 1. The maximum atomic E-state index is 13.2. The zero-order valence-corrected chi connectivity index (χ0v) is 20.1. The van der Waals surface area contributed by atoms with E-state index in [9.17, 15) is 18.0 Å². The van der Waals surface area contributed by atoms with Crippen LogP contribution in [0.5, 0.6) is 5.75 Å². The minimum absolute atomic E-state index is 0.0178. The molecule has 33 heavy (non-hydrogen) atoms. The van der Waals surface area contributed by atoms with Gasteiger partial charge in [-0.25, -0.2) is 8.42 Å². The van der Waals surface area contributed by atoms with E-state index in [0.717, 1.165) is 5.56 Å². The summed E-state index contributed by atoms with van der Waals surface area (Å²) in [6.45, 7) is 2.44. The van der Waals surface area contributed by atoms with Gasteiger partial charge in [-0.2, -0.15) is 4.31 Å². The molecule has 1 aliphatic heterocycles. The monoisotopic (exact) mass is 494 g/mol. The van der Waals surface area contributed by atoms with Gasteiger partial charge in [0.25, 0.3) is 0 Å². The number of anilines is 1. The third-order valence-corrected chi connectivity index (χ3v) is 7.50. The molecule has 1 fully saturated rings. The molecule has 8 nitrogen and oxygen atoms in total. The summed E-state index contributed by atoms with van der Waals surface area (Å²) < 4.78 is 37.9. The van der Waals surface area contributed by atoms with E-state index < -0.39 is 15.9 Å². The van der Waals surface area contributed by atoms with Crippen LogP contribution in [0.25, 0.3) is 0 Å². The number of sulfonamides is 1. The van der Waals surface area contributed by atoms with Gasteiger partial charge < -0.3 is 14.8 Å². The highest BCUT2D eigenvalue weighted by atomic mass is 35.5. The molecule has 2 aromatic rings. The van der Waals surface area contributed by atoms with Crippen LogP contribution < -0.4 is 10.1 Å². The second kappa shape index (κ2) is 11.0. The molecule has 0 radical (unpaired) electrons. The Morgan fingerprint density at radius 3 is 2.58 bits per heavy atom. The van der Waals surface area contributed by atoms with Crippen molar-refractivity contribution in [1.82, 2.24) is 4.31 Å². The SMILES string of the molecule is CCOC(=O)Cc1ccc(NC(=O)[C@H]2CCCN(S(=O)(=O)c3cc(Cl)ccc3OC)C2)cc1. The lowest BCUT2D eigenvalue weighted by molar-refractivity contribution is -0.142. The minimum Gasteiger partial charge on any atom is -0.495 e. The number of piperidine rings is 1. The lowest BCUT2D eigenvalue weighted by Crippen LogP contribution is -2.43. The van der Waals surface area contributed by atoms with Crippen LogP contribution >= 0.6 is 11.6 Å². The molecule has 178 valence electrons. The first-order valence-electron chi connectivity index (χ1n) is 10.6.